The largest absolute Gasteiger partial charge is 0.493 e. The maximum absolute atomic E-state index is 12.2. The van der Waals surface area contributed by atoms with Crippen molar-refractivity contribution >= 4 is 17.5 Å². The van der Waals surface area contributed by atoms with E-state index in [0.29, 0.717) is 37.4 Å². The molecule has 0 radical (unpaired) electrons. The highest BCUT2D eigenvalue weighted by atomic mass is 16.5. The average Bonchev–Trinajstić information content (AvgIpc) is 2.69. The van der Waals surface area contributed by atoms with Crippen molar-refractivity contribution in [3.8, 4) is 11.5 Å². The van der Waals surface area contributed by atoms with E-state index in [0.717, 1.165) is 16.8 Å². The van der Waals surface area contributed by atoms with Crippen LogP contribution in [0.25, 0.3) is 0 Å². The Hall–Kier alpha value is -3.02. The zero-order valence-corrected chi connectivity index (χ0v) is 17.0. The molecule has 0 atom stereocenters. The van der Waals surface area contributed by atoms with Gasteiger partial charge in [-0.25, -0.2) is 0 Å². The number of methoxy groups -OCH3 is 2. The maximum atomic E-state index is 12.2. The number of carbonyl (C=O) groups excluding carboxylic acids is 2. The monoisotopic (exact) mass is 384 g/mol. The summed E-state index contributed by atoms with van der Waals surface area (Å²) in [6.45, 7) is 4.35. The summed E-state index contributed by atoms with van der Waals surface area (Å²) in [4.78, 5) is 25.8. The molecule has 28 heavy (non-hydrogen) atoms. The van der Waals surface area contributed by atoms with Crippen molar-refractivity contribution in [2.24, 2.45) is 0 Å². The van der Waals surface area contributed by atoms with E-state index in [1.165, 1.54) is 6.92 Å². The van der Waals surface area contributed by atoms with Crippen LogP contribution in [0.4, 0.5) is 5.69 Å². The Labute approximate surface area is 166 Å². The number of anilines is 1. The molecule has 0 aromatic heterocycles. The molecule has 0 unspecified atom stereocenters. The molecule has 6 nitrogen and oxygen atoms in total. The van der Waals surface area contributed by atoms with E-state index in [9.17, 15) is 9.59 Å². The maximum Gasteiger partial charge on any atom is 0.223 e. The van der Waals surface area contributed by atoms with Gasteiger partial charge >= 0.3 is 0 Å². The number of ether oxygens (including phenoxy) is 2. The van der Waals surface area contributed by atoms with Crippen LogP contribution in [0.3, 0.4) is 0 Å². The predicted octanol–water partition coefficient (Wildman–Crippen LogP) is 3.11. The topological polar surface area (TPSA) is 67.9 Å². The summed E-state index contributed by atoms with van der Waals surface area (Å²) in [5, 5.41) is 2.89. The second-order valence-corrected chi connectivity index (χ2v) is 6.55. The molecule has 2 aromatic carbocycles. The first kappa shape index (κ1) is 21.3. The third-order valence-corrected chi connectivity index (χ3v) is 4.44. The van der Waals surface area contributed by atoms with Crippen molar-refractivity contribution in [2.45, 2.75) is 26.7 Å². The van der Waals surface area contributed by atoms with E-state index in [4.69, 9.17) is 9.47 Å². The van der Waals surface area contributed by atoms with Gasteiger partial charge in [0, 0.05) is 32.1 Å². The molecular weight excluding hydrogens is 356 g/mol. The molecule has 2 amide bonds. The number of nitrogens with one attached hydrogen (secondary N) is 1. The van der Waals surface area contributed by atoms with Crippen LogP contribution in [0.15, 0.2) is 42.5 Å². The van der Waals surface area contributed by atoms with Crippen LogP contribution in [-0.2, 0) is 16.0 Å². The van der Waals surface area contributed by atoms with Crippen molar-refractivity contribution in [2.75, 3.05) is 32.2 Å². The lowest BCUT2D eigenvalue weighted by molar-refractivity contribution is -0.121. The summed E-state index contributed by atoms with van der Waals surface area (Å²) in [6, 6.07) is 13.4. The molecule has 0 heterocycles. The first-order valence-corrected chi connectivity index (χ1v) is 9.27. The lowest BCUT2D eigenvalue weighted by Crippen LogP contribution is -2.37. The van der Waals surface area contributed by atoms with Crippen LogP contribution >= 0.6 is 0 Å². The van der Waals surface area contributed by atoms with Crippen molar-refractivity contribution in [1.29, 1.82) is 0 Å². The normalized spacial score (nSPS) is 10.3. The number of hydrogen-bond donors (Lipinski definition) is 1. The summed E-state index contributed by atoms with van der Waals surface area (Å²) in [6.07, 6.45) is 0.959. The number of amides is 2. The molecule has 1 N–H and O–H groups in total. The fourth-order valence-electron chi connectivity index (χ4n) is 2.95. The first-order chi connectivity index (χ1) is 13.4. The first-order valence-electron chi connectivity index (χ1n) is 9.27. The smallest absolute Gasteiger partial charge is 0.223 e. The molecule has 0 aliphatic carbocycles. The third kappa shape index (κ3) is 6.01. The molecule has 6 heteroatoms. The molecule has 0 saturated carbocycles. The highest BCUT2D eigenvalue weighted by Gasteiger charge is 2.12. The van der Waals surface area contributed by atoms with Crippen LogP contribution in [0.2, 0.25) is 0 Å². The van der Waals surface area contributed by atoms with Gasteiger partial charge in [0.15, 0.2) is 11.5 Å². The molecule has 0 aliphatic rings. The standard InChI is InChI=1S/C22H28N2O4/c1-16-6-5-7-19(14-16)24(17(2)25)13-12-23-22(26)11-9-18-8-10-20(27-3)21(15-18)28-4/h5-8,10,14-15H,9,11-13H2,1-4H3,(H,23,26). The molecule has 2 rings (SSSR count). The molecule has 150 valence electrons. The highest BCUT2D eigenvalue weighted by molar-refractivity contribution is 5.91. The number of carbonyl (C=O) groups is 2. The summed E-state index contributed by atoms with van der Waals surface area (Å²) in [5.74, 6) is 1.21. The molecule has 2 aromatic rings. The third-order valence-electron chi connectivity index (χ3n) is 4.44. The predicted molar refractivity (Wildman–Crippen MR) is 110 cm³/mol. The summed E-state index contributed by atoms with van der Waals surface area (Å²) in [7, 11) is 3.18. The Morgan fingerprint density at radius 1 is 1.04 bits per heavy atom. The van der Waals surface area contributed by atoms with Crippen molar-refractivity contribution in [3.63, 3.8) is 0 Å². The Kier molecular flexibility index (Phi) is 7.87. The molecule has 0 aliphatic heterocycles. The number of benzene rings is 2. The molecule has 0 saturated heterocycles. The Morgan fingerprint density at radius 2 is 1.79 bits per heavy atom. The molecule has 0 bridgehead atoms. The van der Waals surface area contributed by atoms with E-state index in [1.807, 2.05) is 49.4 Å². The van der Waals surface area contributed by atoms with Crippen molar-refractivity contribution in [3.05, 3.63) is 53.6 Å². The zero-order valence-electron chi connectivity index (χ0n) is 17.0. The van der Waals surface area contributed by atoms with E-state index >= 15 is 0 Å². The summed E-state index contributed by atoms with van der Waals surface area (Å²) in [5.41, 5.74) is 2.92. The minimum Gasteiger partial charge on any atom is -0.493 e. The number of aryl methyl sites for hydroxylation is 2. The molecule has 0 fully saturated rings. The minimum absolute atomic E-state index is 0.0508. The van der Waals surface area contributed by atoms with Crippen LogP contribution in [0.1, 0.15) is 24.5 Å². The Bertz CT molecular complexity index is 820. The van der Waals surface area contributed by atoms with Gasteiger partial charge in [0.2, 0.25) is 11.8 Å². The fourth-order valence-corrected chi connectivity index (χ4v) is 2.95. The summed E-state index contributed by atoms with van der Waals surface area (Å²) < 4.78 is 10.5. The van der Waals surface area contributed by atoms with Crippen LogP contribution in [0.5, 0.6) is 11.5 Å². The number of rotatable bonds is 9. The lowest BCUT2D eigenvalue weighted by atomic mass is 10.1. The number of nitrogens with zero attached hydrogens (tertiary/aromatic N) is 1. The SMILES string of the molecule is COc1ccc(CCC(=O)NCCN(C(C)=O)c2cccc(C)c2)cc1OC. The molecular formula is C22H28N2O4. The van der Waals surface area contributed by atoms with Crippen LogP contribution in [-0.4, -0.2) is 39.1 Å². The van der Waals surface area contributed by atoms with E-state index in [1.54, 1.807) is 19.1 Å². The van der Waals surface area contributed by atoms with Crippen LogP contribution < -0.4 is 19.7 Å². The zero-order chi connectivity index (χ0) is 20.5. The van der Waals surface area contributed by atoms with Gasteiger partial charge in [0.1, 0.15) is 0 Å². The van der Waals surface area contributed by atoms with Gasteiger partial charge in [0.05, 0.1) is 14.2 Å². The van der Waals surface area contributed by atoms with Crippen LogP contribution in [0, 0.1) is 6.92 Å². The highest BCUT2D eigenvalue weighted by Crippen LogP contribution is 2.27. The quantitative estimate of drug-likeness (QED) is 0.721. The number of hydrogen-bond acceptors (Lipinski definition) is 4. The van der Waals surface area contributed by atoms with E-state index in [-0.39, 0.29) is 11.8 Å². The molecule has 0 spiro atoms. The van der Waals surface area contributed by atoms with Gasteiger partial charge in [-0.2, -0.15) is 0 Å². The lowest BCUT2D eigenvalue weighted by Gasteiger charge is -2.21. The second-order valence-electron chi connectivity index (χ2n) is 6.55. The summed E-state index contributed by atoms with van der Waals surface area (Å²) >= 11 is 0. The fraction of sp³-hybridized carbons (Fsp3) is 0.364. The van der Waals surface area contributed by atoms with Gasteiger partial charge in [-0.15, -0.1) is 0 Å². The van der Waals surface area contributed by atoms with Gasteiger partial charge < -0.3 is 19.7 Å². The van der Waals surface area contributed by atoms with Gasteiger partial charge in [0.25, 0.3) is 0 Å². The minimum atomic E-state index is -0.0532. The average molecular weight is 384 g/mol. The van der Waals surface area contributed by atoms with Gasteiger partial charge in [-0.3, -0.25) is 9.59 Å². The second kappa shape index (κ2) is 10.3. The Balaban J connectivity index is 1.84. The van der Waals surface area contributed by atoms with Gasteiger partial charge in [-0.1, -0.05) is 18.2 Å². The Morgan fingerprint density at radius 3 is 2.43 bits per heavy atom. The van der Waals surface area contributed by atoms with Crippen molar-refractivity contribution in [1.82, 2.24) is 5.32 Å². The van der Waals surface area contributed by atoms with Crippen molar-refractivity contribution < 1.29 is 19.1 Å². The van der Waals surface area contributed by atoms with Gasteiger partial charge in [-0.05, 0) is 48.7 Å². The van der Waals surface area contributed by atoms with E-state index < -0.39 is 0 Å². The van der Waals surface area contributed by atoms with E-state index in [2.05, 4.69) is 5.32 Å².